The van der Waals surface area contributed by atoms with E-state index in [9.17, 15) is 13.6 Å². The minimum absolute atomic E-state index is 0.0995. The Morgan fingerprint density at radius 3 is 2.00 bits per heavy atom. The topological polar surface area (TPSA) is 45.9 Å². The van der Waals surface area contributed by atoms with Gasteiger partial charge >= 0.3 is 5.97 Å². The average Bonchev–Trinajstić information content (AvgIpc) is 3.25. The largest absolute Gasteiger partial charge is 0.467 e. The molecular formula is C24H24F2N2O3. The molecule has 5 nitrogen and oxygen atoms in total. The molecule has 0 atom stereocenters. The lowest BCUT2D eigenvalue weighted by molar-refractivity contribution is 0.0592. The molecular weight excluding hydrogens is 402 g/mol. The maximum atomic E-state index is 13.5. The number of nitrogens with zero attached hydrogens (tertiary/aromatic N) is 2. The van der Waals surface area contributed by atoms with Crippen LogP contribution in [-0.2, 0) is 11.3 Å². The van der Waals surface area contributed by atoms with Crippen molar-refractivity contribution in [2.24, 2.45) is 0 Å². The van der Waals surface area contributed by atoms with E-state index >= 15 is 0 Å². The lowest BCUT2D eigenvalue weighted by Gasteiger charge is -2.39. The summed E-state index contributed by atoms with van der Waals surface area (Å²) < 4.78 is 37.3. The number of methoxy groups -OCH3 is 1. The summed E-state index contributed by atoms with van der Waals surface area (Å²) in [7, 11) is 1.35. The Kier molecular flexibility index (Phi) is 6.44. The van der Waals surface area contributed by atoms with Gasteiger partial charge in [-0.15, -0.1) is 0 Å². The number of rotatable bonds is 6. The Hall–Kier alpha value is -3.03. The Morgan fingerprint density at radius 2 is 1.48 bits per heavy atom. The van der Waals surface area contributed by atoms with E-state index in [1.807, 2.05) is 0 Å². The summed E-state index contributed by atoms with van der Waals surface area (Å²) in [5.74, 6) is -0.387. The average molecular weight is 426 g/mol. The molecule has 2 aromatic carbocycles. The van der Waals surface area contributed by atoms with E-state index < -0.39 is 5.97 Å². The summed E-state index contributed by atoms with van der Waals surface area (Å²) in [5.41, 5.74) is 2.36. The number of esters is 1. The van der Waals surface area contributed by atoms with Crippen molar-refractivity contribution in [1.82, 2.24) is 9.80 Å². The lowest BCUT2D eigenvalue weighted by atomic mass is 9.96. The van der Waals surface area contributed by atoms with Crippen LogP contribution < -0.4 is 0 Å². The number of halogens is 2. The van der Waals surface area contributed by atoms with Gasteiger partial charge in [0.1, 0.15) is 23.0 Å². The van der Waals surface area contributed by atoms with Crippen LogP contribution in [0.4, 0.5) is 8.78 Å². The summed E-state index contributed by atoms with van der Waals surface area (Å²) in [6.07, 6.45) is 1.50. The van der Waals surface area contributed by atoms with Crippen molar-refractivity contribution in [3.05, 3.63) is 94.9 Å². The Balaban J connectivity index is 1.49. The molecule has 4 rings (SSSR count). The summed E-state index contributed by atoms with van der Waals surface area (Å²) >= 11 is 0. The second-order valence-corrected chi connectivity index (χ2v) is 7.57. The highest BCUT2D eigenvalue weighted by atomic mass is 19.1. The van der Waals surface area contributed by atoms with Gasteiger partial charge in [-0.3, -0.25) is 9.80 Å². The number of benzene rings is 2. The molecule has 0 aliphatic carbocycles. The molecule has 1 aliphatic heterocycles. The van der Waals surface area contributed by atoms with E-state index in [4.69, 9.17) is 9.15 Å². The molecule has 0 unspecified atom stereocenters. The maximum Gasteiger partial charge on any atom is 0.341 e. The van der Waals surface area contributed by atoms with Gasteiger partial charge in [-0.25, -0.2) is 13.6 Å². The number of furan rings is 1. The normalized spacial score (nSPS) is 15.4. The highest BCUT2D eigenvalue weighted by molar-refractivity contribution is 5.90. The molecule has 31 heavy (non-hydrogen) atoms. The first-order valence-corrected chi connectivity index (χ1v) is 10.2. The minimum atomic E-state index is -0.407. The van der Waals surface area contributed by atoms with Crippen molar-refractivity contribution >= 4 is 5.97 Å². The van der Waals surface area contributed by atoms with E-state index in [1.165, 1.54) is 37.6 Å². The van der Waals surface area contributed by atoms with Crippen molar-refractivity contribution in [1.29, 1.82) is 0 Å². The number of hydrogen-bond donors (Lipinski definition) is 0. The van der Waals surface area contributed by atoms with Crippen LogP contribution in [0.15, 0.2) is 65.3 Å². The first-order valence-electron chi connectivity index (χ1n) is 10.2. The van der Waals surface area contributed by atoms with Gasteiger partial charge in [0.15, 0.2) is 0 Å². The zero-order valence-electron chi connectivity index (χ0n) is 17.3. The molecule has 0 amide bonds. The van der Waals surface area contributed by atoms with E-state index in [1.54, 1.807) is 30.3 Å². The quantitative estimate of drug-likeness (QED) is 0.552. The van der Waals surface area contributed by atoms with Gasteiger partial charge in [0.2, 0.25) is 0 Å². The monoisotopic (exact) mass is 426 g/mol. The molecule has 7 heteroatoms. The van der Waals surface area contributed by atoms with Crippen molar-refractivity contribution in [3.63, 3.8) is 0 Å². The van der Waals surface area contributed by atoms with Gasteiger partial charge in [-0.2, -0.15) is 0 Å². The van der Waals surface area contributed by atoms with Gasteiger partial charge in [0, 0.05) is 26.2 Å². The molecule has 1 fully saturated rings. The van der Waals surface area contributed by atoms with Crippen molar-refractivity contribution < 1.29 is 22.7 Å². The first-order chi connectivity index (χ1) is 15.0. The highest BCUT2D eigenvalue weighted by Gasteiger charge is 2.28. The van der Waals surface area contributed by atoms with Gasteiger partial charge in [-0.05, 0) is 41.5 Å². The van der Waals surface area contributed by atoms with Crippen LogP contribution >= 0.6 is 0 Å². The number of carbonyl (C=O) groups excluding carboxylic acids is 1. The third kappa shape index (κ3) is 4.84. The maximum absolute atomic E-state index is 13.5. The van der Waals surface area contributed by atoms with Crippen molar-refractivity contribution in [2.45, 2.75) is 12.6 Å². The van der Waals surface area contributed by atoms with Gasteiger partial charge in [0.05, 0.1) is 26.0 Å². The number of piperazine rings is 1. The molecule has 2 heterocycles. The van der Waals surface area contributed by atoms with Gasteiger partial charge < -0.3 is 9.15 Å². The van der Waals surface area contributed by atoms with E-state index in [2.05, 4.69) is 9.80 Å². The first kappa shape index (κ1) is 21.2. The summed E-state index contributed by atoms with van der Waals surface area (Å²) in [4.78, 5) is 16.4. The third-order valence-corrected chi connectivity index (χ3v) is 5.66. The van der Waals surface area contributed by atoms with Gasteiger partial charge in [-0.1, -0.05) is 24.3 Å². The fraction of sp³-hybridized carbons (Fsp3) is 0.292. The van der Waals surface area contributed by atoms with Gasteiger partial charge in [0.25, 0.3) is 0 Å². The predicted octanol–water partition coefficient (Wildman–Crippen LogP) is 4.25. The minimum Gasteiger partial charge on any atom is -0.467 e. The molecule has 1 aliphatic rings. The second kappa shape index (κ2) is 9.41. The zero-order valence-corrected chi connectivity index (χ0v) is 17.3. The smallest absolute Gasteiger partial charge is 0.341 e. The number of ether oxygens (including phenoxy) is 1. The fourth-order valence-electron chi connectivity index (χ4n) is 4.04. The molecule has 0 bridgehead atoms. The Morgan fingerprint density at radius 1 is 0.935 bits per heavy atom. The molecule has 0 saturated carbocycles. The second-order valence-electron chi connectivity index (χ2n) is 7.57. The highest BCUT2D eigenvalue weighted by Crippen LogP contribution is 2.30. The third-order valence-electron chi connectivity index (χ3n) is 5.66. The Bertz CT molecular complexity index is 965. The van der Waals surface area contributed by atoms with Crippen LogP contribution in [0.1, 0.15) is 33.3 Å². The number of carbonyl (C=O) groups is 1. The summed E-state index contributed by atoms with van der Waals surface area (Å²) in [5, 5.41) is 0. The van der Waals surface area contributed by atoms with Crippen LogP contribution in [0.25, 0.3) is 0 Å². The standard InChI is InChI=1S/C24H24F2N2O3/c1-30-24(29)21-10-15-31-22(21)16-27-11-13-28(14-12-27)23(17-2-6-19(25)7-3-17)18-4-8-20(26)9-5-18/h2-10,15,23H,11-14,16H2,1H3. The van der Waals surface area contributed by atoms with Crippen LogP contribution in [0.3, 0.4) is 0 Å². The van der Waals surface area contributed by atoms with Crippen molar-refractivity contribution in [2.75, 3.05) is 33.3 Å². The predicted molar refractivity (Wildman–Crippen MR) is 112 cm³/mol. The lowest BCUT2D eigenvalue weighted by Crippen LogP contribution is -2.47. The Labute approximate surface area is 179 Å². The molecule has 3 aromatic rings. The molecule has 1 saturated heterocycles. The summed E-state index contributed by atoms with van der Waals surface area (Å²) in [6, 6.07) is 14.4. The van der Waals surface area contributed by atoms with Crippen LogP contribution in [0, 0.1) is 11.6 Å². The number of hydrogen-bond acceptors (Lipinski definition) is 5. The molecule has 0 N–H and O–H groups in total. The van der Waals surface area contributed by atoms with E-state index in [-0.39, 0.29) is 17.7 Å². The van der Waals surface area contributed by atoms with E-state index in [0.29, 0.717) is 17.9 Å². The van der Waals surface area contributed by atoms with E-state index in [0.717, 1.165) is 37.3 Å². The van der Waals surface area contributed by atoms with Crippen LogP contribution in [0.2, 0.25) is 0 Å². The molecule has 0 radical (unpaired) electrons. The molecule has 0 spiro atoms. The van der Waals surface area contributed by atoms with Crippen molar-refractivity contribution in [3.8, 4) is 0 Å². The molecule has 1 aromatic heterocycles. The zero-order chi connectivity index (χ0) is 21.8. The van der Waals surface area contributed by atoms with Crippen LogP contribution in [0.5, 0.6) is 0 Å². The fourth-order valence-corrected chi connectivity index (χ4v) is 4.04. The molecule has 162 valence electrons. The SMILES string of the molecule is COC(=O)c1ccoc1CN1CCN(C(c2ccc(F)cc2)c2ccc(F)cc2)CC1. The summed E-state index contributed by atoms with van der Waals surface area (Å²) in [6.45, 7) is 3.56. The van der Waals surface area contributed by atoms with Crippen LogP contribution in [-0.4, -0.2) is 49.1 Å².